The number of alkyl halides is 3. The number of nitrogen functional groups attached to an aromatic ring is 1. The molecule has 3 aromatic heterocycles. The molecule has 33 heavy (non-hydrogen) atoms. The summed E-state index contributed by atoms with van der Waals surface area (Å²) in [7, 11) is 0. The van der Waals surface area contributed by atoms with E-state index >= 15 is 0 Å². The molecule has 7 nitrogen and oxygen atoms in total. The zero-order valence-electron chi connectivity index (χ0n) is 16.8. The molecule has 0 aliphatic rings. The van der Waals surface area contributed by atoms with Crippen LogP contribution < -0.4 is 5.73 Å². The summed E-state index contributed by atoms with van der Waals surface area (Å²) in [5.41, 5.74) is 7.46. The average molecular weight is 445 g/mol. The Hall–Kier alpha value is -4.65. The second kappa shape index (κ2) is 7.49. The molecule has 0 saturated heterocycles. The molecule has 0 bridgehead atoms. The Morgan fingerprint density at radius 2 is 1.88 bits per heavy atom. The molecule has 0 aliphatic carbocycles. The first-order chi connectivity index (χ1) is 15.9. The van der Waals surface area contributed by atoms with Gasteiger partial charge in [0.1, 0.15) is 0 Å². The highest BCUT2D eigenvalue weighted by Gasteiger charge is 2.38. The lowest BCUT2D eigenvalue weighted by Gasteiger charge is -2.09. The number of rotatable bonds is 3. The van der Waals surface area contributed by atoms with Gasteiger partial charge in [-0.1, -0.05) is 6.07 Å². The molecule has 5 rings (SSSR count). The van der Waals surface area contributed by atoms with Gasteiger partial charge in [0.2, 0.25) is 0 Å². The molecule has 2 N–H and O–H groups in total. The molecule has 0 saturated carbocycles. The van der Waals surface area contributed by atoms with Crippen LogP contribution in [0, 0.1) is 11.3 Å². The maximum Gasteiger partial charge on any atom is 0.435 e. The van der Waals surface area contributed by atoms with Crippen LogP contribution in [0.2, 0.25) is 0 Å². The first-order valence-electron chi connectivity index (χ1n) is 9.70. The fourth-order valence-electron chi connectivity index (χ4n) is 3.68. The third kappa shape index (κ3) is 3.45. The van der Waals surface area contributed by atoms with E-state index in [2.05, 4.69) is 15.1 Å². The summed E-state index contributed by atoms with van der Waals surface area (Å²) in [6.45, 7) is 0. The Kier molecular flexibility index (Phi) is 4.60. The molecular formula is C23H14F3N7. The van der Waals surface area contributed by atoms with Gasteiger partial charge in [0, 0.05) is 24.2 Å². The lowest BCUT2D eigenvalue weighted by Crippen LogP contribution is -2.09. The van der Waals surface area contributed by atoms with Gasteiger partial charge in [-0.3, -0.25) is 4.98 Å². The van der Waals surface area contributed by atoms with Gasteiger partial charge < -0.3 is 10.3 Å². The molecule has 0 aliphatic heterocycles. The molecule has 0 unspecified atom stereocenters. The summed E-state index contributed by atoms with van der Waals surface area (Å²) in [6, 6.07) is 14.6. The van der Waals surface area contributed by atoms with Crippen LogP contribution in [0.3, 0.4) is 0 Å². The smallest absolute Gasteiger partial charge is 0.397 e. The van der Waals surface area contributed by atoms with Crippen LogP contribution in [0.4, 0.5) is 18.9 Å². The van der Waals surface area contributed by atoms with Gasteiger partial charge >= 0.3 is 6.18 Å². The van der Waals surface area contributed by atoms with Gasteiger partial charge in [0.15, 0.2) is 5.69 Å². The highest BCUT2D eigenvalue weighted by atomic mass is 19.4. The maximum atomic E-state index is 14.0. The van der Waals surface area contributed by atoms with E-state index in [0.29, 0.717) is 11.3 Å². The highest BCUT2D eigenvalue weighted by Crippen LogP contribution is 2.39. The van der Waals surface area contributed by atoms with Gasteiger partial charge in [-0.2, -0.15) is 23.5 Å². The normalized spacial score (nSPS) is 11.6. The van der Waals surface area contributed by atoms with Crippen molar-refractivity contribution in [1.82, 2.24) is 24.3 Å². The van der Waals surface area contributed by atoms with E-state index in [1.165, 1.54) is 35.2 Å². The maximum absolute atomic E-state index is 14.0. The van der Waals surface area contributed by atoms with Crippen molar-refractivity contribution >= 4 is 16.6 Å². The van der Waals surface area contributed by atoms with Gasteiger partial charge in [-0.15, -0.1) is 0 Å². The minimum Gasteiger partial charge on any atom is -0.397 e. The third-order valence-electron chi connectivity index (χ3n) is 5.16. The Balaban J connectivity index is 1.75. The van der Waals surface area contributed by atoms with Crippen LogP contribution >= 0.6 is 0 Å². The average Bonchev–Trinajstić information content (AvgIpc) is 3.45. The van der Waals surface area contributed by atoms with E-state index in [1.54, 1.807) is 36.8 Å². The second-order valence-corrected chi connectivity index (χ2v) is 7.22. The first-order valence-corrected chi connectivity index (χ1v) is 9.70. The van der Waals surface area contributed by atoms with Crippen LogP contribution in [0.25, 0.3) is 33.5 Å². The number of pyridine rings is 1. The zero-order chi connectivity index (χ0) is 23.2. The number of aromatic nitrogens is 5. The summed E-state index contributed by atoms with van der Waals surface area (Å²) in [5.74, 6) is 0. The van der Waals surface area contributed by atoms with Crippen LogP contribution in [-0.2, 0) is 6.18 Å². The van der Waals surface area contributed by atoms with Crippen molar-refractivity contribution in [2.45, 2.75) is 6.18 Å². The number of nitrogens with two attached hydrogens (primary N) is 1. The molecule has 3 heterocycles. The van der Waals surface area contributed by atoms with E-state index < -0.39 is 11.9 Å². The fraction of sp³-hybridized carbons (Fsp3) is 0.0435. The van der Waals surface area contributed by atoms with Crippen molar-refractivity contribution in [1.29, 1.82) is 5.26 Å². The monoisotopic (exact) mass is 445 g/mol. The lowest BCUT2D eigenvalue weighted by atomic mass is 10.1. The minimum absolute atomic E-state index is 0.0936. The SMILES string of the molecule is N#Cc1ccc(-n2nc(C(F)(F)F)c3c(-n4cnc(-c5cccnc5)c4)cccc32)c(N)c1. The zero-order valence-corrected chi connectivity index (χ0v) is 16.8. The number of anilines is 1. The highest BCUT2D eigenvalue weighted by molar-refractivity contribution is 5.92. The standard InChI is InChI=1S/C23H14F3N7/c24-23(25,26)22-21-19(32-12-17(30-13-32)15-3-2-8-29-11-15)4-1-5-20(21)33(31-22)18-7-6-14(10-27)9-16(18)28/h1-9,11-13H,28H2. The second-order valence-electron chi connectivity index (χ2n) is 7.22. The summed E-state index contributed by atoms with van der Waals surface area (Å²) in [6.07, 6.45) is 1.62. The van der Waals surface area contributed by atoms with E-state index in [9.17, 15) is 13.2 Å². The topological polar surface area (TPSA) is 98.3 Å². The number of nitrogens with zero attached hydrogens (tertiary/aromatic N) is 6. The van der Waals surface area contributed by atoms with Crippen LogP contribution in [0.5, 0.6) is 0 Å². The molecule has 0 radical (unpaired) electrons. The number of nitriles is 1. The third-order valence-corrected chi connectivity index (χ3v) is 5.16. The lowest BCUT2D eigenvalue weighted by molar-refractivity contribution is -0.140. The first kappa shape index (κ1) is 20.3. The number of imidazole rings is 1. The number of hydrogen-bond acceptors (Lipinski definition) is 5. The summed E-state index contributed by atoms with van der Waals surface area (Å²) < 4.78 is 44.8. The molecule has 162 valence electrons. The van der Waals surface area contributed by atoms with Crippen LogP contribution in [0.15, 0.2) is 73.4 Å². The Labute approximate surface area is 185 Å². The van der Waals surface area contributed by atoms with Gasteiger partial charge in [0.05, 0.1) is 51.6 Å². The molecule has 0 amide bonds. The predicted molar refractivity (Wildman–Crippen MR) is 116 cm³/mol. The molecular weight excluding hydrogens is 431 g/mol. The Bertz CT molecular complexity index is 1530. The molecule has 10 heteroatoms. The van der Waals surface area contributed by atoms with Crippen molar-refractivity contribution in [2.75, 3.05) is 5.73 Å². The largest absolute Gasteiger partial charge is 0.435 e. The van der Waals surface area contributed by atoms with Crippen molar-refractivity contribution < 1.29 is 13.2 Å². The van der Waals surface area contributed by atoms with Crippen molar-refractivity contribution in [3.05, 3.63) is 84.7 Å². The van der Waals surface area contributed by atoms with Gasteiger partial charge in [0.25, 0.3) is 0 Å². The van der Waals surface area contributed by atoms with Gasteiger partial charge in [-0.25, -0.2) is 9.67 Å². The summed E-state index contributed by atoms with van der Waals surface area (Å²) >= 11 is 0. The van der Waals surface area contributed by atoms with Crippen molar-refractivity contribution in [2.24, 2.45) is 0 Å². The number of hydrogen-bond donors (Lipinski definition) is 1. The molecule has 0 atom stereocenters. The molecule has 0 fully saturated rings. The van der Waals surface area contributed by atoms with E-state index in [0.717, 1.165) is 10.2 Å². The fourth-order valence-corrected chi connectivity index (χ4v) is 3.68. The summed E-state index contributed by atoms with van der Waals surface area (Å²) in [4.78, 5) is 8.38. The Morgan fingerprint density at radius 3 is 2.58 bits per heavy atom. The van der Waals surface area contributed by atoms with E-state index in [-0.39, 0.29) is 28.0 Å². The molecule has 5 aromatic rings. The van der Waals surface area contributed by atoms with Crippen molar-refractivity contribution in [3.63, 3.8) is 0 Å². The number of benzene rings is 2. The molecule has 2 aromatic carbocycles. The minimum atomic E-state index is -4.71. The number of halogens is 3. The van der Waals surface area contributed by atoms with Gasteiger partial charge in [-0.05, 0) is 42.5 Å². The van der Waals surface area contributed by atoms with Crippen LogP contribution in [-0.4, -0.2) is 24.3 Å². The predicted octanol–water partition coefficient (Wildman–Crippen LogP) is 4.75. The van der Waals surface area contributed by atoms with Crippen molar-refractivity contribution in [3.8, 4) is 28.7 Å². The Morgan fingerprint density at radius 1 is 1.03 bits per heavy atom. The van der Waals surface area contributed by atoms with E-state index in [1.807, 2.05) is 12.1 Å². The number of fused-ring (bicyclic) bond motifs is 1. The quantitative estimate of drug-likeness (QED) is 0.404. The van der Waals surface area contributed by atoms with Crippen LogP contribution in [0.1, 0.15) is 11.3 Å². The molecule has 0 spiro atoms. The van der Waals surface area contributed by atoms with E-state index in [4.69, 9.17) is 11.0 Å². The summed E-state index contributed by atoms with van der Waals surface area (Å²) in [5, 5.41) is 12.9.